The van der Waals surface area contributed by atoms with Crippen molar-refractivity contribution in [3.63, 3.8) is 0 Å². The van der Waals surface area contributed by atoms with E-state index in [1.54, 1.807) is 19.9 Å². The van der Waals surface area contributed by atoms with Crippen LogP contribution in [0.4, 0.5) is 0 Å². The van der Waals surface area contributed by atoms with Crippen molar-refractivity contribution in [2.75, 3.05) is 13.1 Å². The molecule has 1 aromatic rings. The minimum atomic E-state index is -0.428. The third kappa shape index (κ3) is 4.21. The second kappa shape index (κ2) is 7.44. The molecule has 2 N–H and O–H groups in total. The molecular formula is C17H25N3O3. The van der Waals surface area contributed by atoms with Crippen LogP contribution in [0, 0.1) is 13.8 Å². The maximum atomic E-state index is 12.2. The third-order valence-corrected chi connectivity index (χ3v) is 4.34. The van der Waals surface area contributed by atoms with Crippen LogP contribution in [0.5, 0.6) is 0 Å². The number of aromatic nitrogens is 1. The second-order valence-electron chi connectivity index (χ2n) is 6.28. The SMILES string of the molecule is Cc1cc(C)c(C(=O)NCCC(=O)N2CCCCC2C)c(=O)[nH]1. The van der Waals surface area contributed by atoms with Crippen molar-refractivity contribution >= 4 is 11.8 Å². The summed E-state index contributed by atoms with van der Waals surface area (Å²) in [5.41, 5.74) is 1.09. The van der Waals surface area contributed by atoms with Crippen LogP contribution >= 0.6 is 0 Å². The van der Waals surface area contributed by atoms with Gasteiger partial charge in [-0.3, -0.25) is 14.4 Å². The maximum Gasteiger partial charge on any atom is 0.261 e. The fourth-order valence-corrected chi connectivity index (χ4v) is 3.12. The first kappa shape index (κ1) is 17.2. The molecular weight excluding hydrogens is 294 g/mol. The molecule has 2 rings (SSSR count). The summed E-state index contributed by atoms with van der Waals surface area (Å²) in [6.07, 6.45) is 3.51. The molecule has 0 spiro atoms. The number of carbonyl (C=O) groups is 2. The molecule has 1 saturated heterocycles. The Labute approximate surface area is 136 Å². The second-order valence-corrected chi connectivity index (χ2v) is 6.28. The zero-order valence-electron chi connectivity index (χ0n) is 14.1. The highest BCUT2D eigenvalue weighted by atomic mass is 16.2. The highest BCUT2D eigenvalue weighted by Gasteiger charge is 2.23. The van der Waals surface area contributed by atoms with Gasteiger partial charge >= 0.3 is 0 Å². The number of amides is 2. The van der Waals surface area contributed by atoms with Gasteiger partial charge in [-0.05, 0) is 51.7 Å². The van der Waals surface area contributed by atoms with Gasteiger partial charge in [0.2, 0.25) is 5.91 Å². The van der Waals surface area contributed by atoms with Crippen molar-refractivity contribution in [2.45, 2.75) is 52.5 Å². The van der Waals surface area contributed by atoms with Gasteiger partial charge in [-0.2, -0.15) is 0 Å². The number of rotatable bonds is 4. The fraction of sp³-hybridized carbons (Fsp3) is 0.588. The van der Waals surface area contributed by atoms with Gasteiger partial charge in [-0.15, -0.1) is 0 Å². The summed E-state index contributed by atoms with van der Waals surface area (Å²) in [5, 5.41) is 2.68. The van der Waals surface area contributed by atoms with Gasteiger partial charge in [0, 0.05) is 31.2 Å². The van der Waals surface area contributed by atoms with Crippen LogP contribution < -0.4 is 10.9 Å². The third-order valence-electron chi connectivity index (χ3n) is 4.34. The summed E-state index contributed by atoms with van der Waals surface area (Å²) in [6.45, 7) is 6.61. The van der Waals surface area contributed by atoms with Gasteiger partial charge in [0.1, 0.15) is 5.56 Å². The molecule has 6 heteroatoms. The highest BCUT2D eigenvalue weighted by molar-refractivity contribution is 5.95. The summed E-state index contributed by atoms with van der Waals surface area (Å²) in [6, 6.07) is 2.03. The number of hydrogen-bond acceptors (Lipinski definition) is 3. The van der Waals surface area contributed by atoms with Crippen molar-refractivity contribution < 1.29 is 9.59 Å². The van der Waals surface area contributed by atoms with E-state index >= 15 is 0 Å². The zero-order valence-corrected chi connectivity index (χ0v) is 14.1. The lowest BCUT2D eigenvalue weighted by Crippen LogP contribution is -2.43. The number of hydrogen-bond donors (Lipinski definition) is 2. The summed E-state index contributed by atoms with van der Waals surface area (Å²) >= 11 is 0. The first-order valence-corrected chi connectivity index (χ1v) is 8.18. The normalized spacial score (nSPS) is 17.9. The standard InChI is InChI=1S/C17H25N3O3/c1-11-10-12(2)19-17(23)15(11)16(22)18-8-7-14(21)20-9-5-4-6-13(20)3/h10,13H,4-9H2,1-3H3,(H,18,22)(H,19,23). The quantitative estimate of drug-likeness (QED) is 0.882. The van der Waals surface area contributed by atoms with Crippen molar-refractivity contribution in [3.8, 4) is 0 Å². The van der Waals surface area contributed by atoms with E-state index in [1.807, 2.05) is 4.90 Å². The van der Waals surface area contributed by atoms with E-state index in [-0.39, 0.29) is 30.5 Å². The Morgan fingerprint density at radius 1 is 1.35 bits per heavy atom. The Kier molecular flexibility index (Phi) is 5.58. The van der Waals surface area contributed by atoms with Crippen LogP contribution in [0.1, 0.15) is 54.2 Å². The molecule has 1 aromatic heterocycles. The van der Waals surface area contributed by atoms with E-state index in [1.165, 1.54) is 0 Å². The van der Waals surface area contributed by atoms with Gasteiger partial charge in [-0.25, -0.2) is 0 Å². The predicted octanol–water partition coefficient (Wildman–Crippen LogP) is 1.51. The van der Waals surface area contributed by atoms with E-state index < -0.39 is 11.5 Å². The summed E-state index contributed by atoms with van der Waals surface area (Å²) < 4.78 is 0. The Balaban J connectivity index is 1.90. The molecule has 0 radical (unpaired) electrons. The lowest BCUT2D eigenvalue weighted by Gasteiger charge is -2.33. The van der Waals surface area contributed by atoms with Gasteiger partial charge in [0.05, 0.1) is 0 Å². The Morgan fingerprint density at radius 3 is 2.74 bits per heavy atom. The van der Waals surface area contributed by atoms with Gasteiger partial charge in [-0.1, -0.05) is 0 Å². The van der Waals surface area contributed by atoms with Crippen molar-refractivity contribution in [2.24, 2.45) is 0 Å². The van der Waals surface area contributed by atoms with E-state index in [4.69, 9.17) is 0 Å². The first-order chi connectivity index (χ1) is 10.9. The lowest BCUT2D eigenvalue weighted by molar-refractivity contribution is -0.134. The average Bonchev–Trinajstić information content (AvgIpc) is 2.46. The fourth-order valence-electron chi connectivity index (χ4n) is 3.12. The average molecular weight is 319 g/mol. The molecule has 2 heterocycles. The molecule has 1 aliphatic rings. The Hall–Kier alpha value is -2.11. The maximum absolute atomic E-state index is 12.2. The summed E-state index contributed by atoms with van der Waals surface area (Å²) in [7, 11) is 0. The number of likely N-dealkylation sites (tertiary alicyclic amines) is 1. The molecule has 0 aromatic carbocycles. The van der Waals surface area contributed by atoms with Crippen LogP contribution in [0.15, 0.2) is 10.9 Å². The van der Waals surface area contributed by atoms with E-state index in [9.17, 15) is 14.4 Å². The topological polar surface area (TPSA) is 82.3 Å². The molecule has 0 aliphatic carbocycles. The number of nitrogens with zero attached hydrogens (tertiary/aromatic N) is 1. The summed E-state index contributed by atoms with van der Waals surface area (Å²) in [4.78, 5) is 40.8. The van der Waals surface area contributed by atoms with Crippen molar-refractivity contribution in [1.29, 1.82) is 0 Å². The minimum absolute atomic E-state index is 0.0621. The minimum Gasteiger partial charge on any atom is -0.351 e. The number of piperidine rings is 1. The van der Waals surface area contributed by atoms with Gasteiger partial charge in [0.25, 0.3) is 11.5 Å². The number of H-pyrrole nitrogens is 1. The van der Waals surface area contributed by atoms with Gasteiger partial charge < -0.3 is 15.2 Å². The first-order valence-electron chi connectivity index (χ1n) is 8.18. The number of pyridine rings is 1. The van der Waals surface area contributed by atoms with E-state index in [0.29, 0.717) is 5.56 Å². The van der Waals surface area contributed by atoms with E-state index in [0.717, 1.165) is 31.5 Å². The number of carbonyl (C=O) groups excluding carboxylic acids is 2. The molecule has 1 fully saturated rings. The zero-order chi connectivity index (χ0) is 17.0. The van der Waals surface area contributed by atoms with Crippen LogP contribution in [0.25, 0.3) is 0 Å². The largest absolute Gasteiger partial charge is 0.351 e. The molecule has 23 heavy (non-hydrogen) atoms. The smallest absolute Gasteiger partial charge is 0.261 e. The molecule has 0 saturated carbocycles. The van der Waals surface area contributed by atoms with Crippen LogP contribution in [0.2, 0.25) is 0 Å². The molecule has 1 aliphatic heterocycles. The van der Waals surface area contributed by atoms with Crippen LogP contribution in [0.3, 0.4) is 0 Å². The van der Waals surface area contributed by atoms with Crippen LogP contribution in [-0.4, -0.2) is 40.8 Å². The monoisotopic (exact) mass is 319 g/mol. The molecule has 0 bridgehead atoms. The molecule has 6 nitrogen and oxygen atoms in total. The summed E-state index contributed by atoms with van der Waals surface area (Å²) in [5.74, 6) is -0.365. The lowest BCUT2D eigenvalue weighted by atomic mass is 10.0. The molecule has 2 amide bonds. The van der Waals surface area contributed by atoms with Crippen molar-refractivity contribution in [3.05, 3.63) is 33.2 Å². The number of aromatic amines is 1. The Morgan fingerprint density at radius 2 is 2.09 bits per heavy atom. The molecule has 1 unspecified atom stereocenters. The van der Waals surface area contributed by atoms with Crippen LogP contribution in [-0.2, 0) is 4.79 Å². The van der Waals surface area contributed by atoms with E-state index in [2.05, 4.69) is 17.2 Å². The predicted molar refractivity (Wildman–Crippen MR) is 88.5 cm³/mol. The molecule has 126 valence electrons. The van der Waals surface area contributed by atoms with Crippen molar-refractivity contribution in [1.82, 2.24) is 15.2 Å². The van der Waals surface area contributed by atoms with Gasteiger partial charge in [0.15, 0.2) is 0 Å². The highest BCUT2D eigenvalue weighted by Crippen LogP contribution is 2.17. The number of aryl methyl sites for hydroxylation is 2. The number of nitrogens with one attached hydrogen (secondary N) is 2. The Bertz CT molecular complexity index is 651. The molecule has 1 atom stereocenters.